The van der Waals surface area contributed by atoms with Gasteiger partial charge in [0.05, 0.1) is 24.8 Å². The number of ether oxygens (including phenoxy) is 1. The molecule has 2 heterocycles. The van der Waals surface area contributed by atoms with Gasteiger partial charge in [0, 0.05) is 18.1 Å². The van der Waals surface area contributed by atoms with Gasteiger partial charge in [-0.2, -0.15) is 9.78 Å². The first kappa shape index (κ1) is 26.3. The molecule has 1 aromatic heterocycles. The Morgan fingerprint density at radius 2 is 1.81 bits per heavy atom. The number of halogens is 1. The van der Waals surface area contributed by atoms with Crippen LogP contribution in [-0.4, -0.2) is 50.8 Å². The van der Waals surface area contributed by atoms with Gasteiger partial charge in [-0.15, -0.1) is 0 Å². The summed E-state index contributed by atoms with van der Waals surface area (Å²) in [7, 11) is 0. The van der Waals surface area contributed by atoms with Gasteiger partial charge in [-0.25, -0.2) is 4.79 Å². The van der Waals surface area contributed by atoms with Crippen molar-refractivity contribution in [1.82, 2.24) is 19.2 Å². The van der Waals surface area contributed by atoms with Crippen LogP contribution in [0.4, 0.5) is 0 Å². The standard InChI is InChI=1S/C27H29ClN4O5/c1-4-37-26(35)20-10-12-30(13-11-20)24(33)23-25(34)31(16-19-7-5-6-17(2)14-19)27(36)32(29-23)21-9-8-18(3)22(28)15-21/h5-9,14-15,20H,4,10-13,16H2,1-3H3. The lowest BCUT2D eigenvalue weighted by molar-refractivity contribution is -0.149. The summed E-state index contributed by atoms with van der Waals surface area (Å²) in [6, 6.07) is 12.4. The molecule has 0 N–H and O–H groups in total. The lowest BCUT2D eigenvalue weighted by Crippen LogP contribution is -2.48. The molecule has 0 bridgehead atoms. The minimum atomic E-state index is -0.765. The number of likely N-dealkylation sites (tertiary alicyclic amines) is 1. The van der Waals surface area contributed by atoms with E-state index in [2.05, 4.69) is 5.10 Å². The highest BCUT2D eigenvalue weighted by atomic mass is 35.5. The minimum absolute atomic E-state index is 0.0212. The molecule has 1 amide bonds. The fraction of sp³-hybridized carbons (Fsp3) is 0.370. The van der Waals surface area contributed by atoms with Crippen LogP contribution in [0.15, 0.2) is 52.1 Å². The van der Waals surface area contributed by atoms with Crippen molar-refractivity contribution in [2.45, 2.75) is 40.2 Å². The largest absolute Gasteiger partial charge is 0.466 e. The van der Waals surface area contributed by atoms with Crippen molar-refractivity contribution < 1.29 is 14.3 Å². The molecule has 0 saturated carbocycles. The maximum absolute atomic E-state index is 13.5. The number of aromatic nitrogens is 3. The van der Waals surface area contributed by atoms with Crippen LogP contribution in [-0.2, 0) is 16.1 Å². The molecule has 1 fully saturated rings. The Kier molecular flexibility index (Phi) is 7.92. The average molecular weight is 525 g/mol. The van der Waals surface area contributed by atoms with Gasteiger partial charge >= 0.3 is 11.7 Å². The fourth-order valence-electron chi connectivity index (χ4n) is 4.39. The molecule has 0 atom stereocenters. The van der Waals surface area contributed by atoms with E-state index in [4.69, 9.17) is 16.3 Å². The number of hydrogen-bond acceptors (Lipinski definition) is 6. The van der Waals surface area contributed by atoms with Crippen molar-refractivity contribution in [3.63, 3.8) is 0 Å². The van der Waals surface area contributed by atoms with E-state index in [0.29, 0.717) is 30.2 Å². The molecule has 1 saturated heterocycles. The van der Waals surface area contributed by atoms with Gasteiger partial charge in [0.2, 0.25) is 5.69 Å². The van der Waals surface area contributed by atoms with E-state index in [1.165, 1.54) is 4.90 Å². The summed E-state index contributed by atoms with van der Waals surface area (Å²) in [6.45, 7) is 6.32. The quantitative estimate of drug-likeness (QED) is 0.459. The van der Waals surface area contributed by atoms with Crippen LogP contribution < -0.4 is 11.2 Å². The van der Waals surface area contributed by atoms with Gasteiger partial charge in [0.25, 0.3) is 11.5 Å². The molecule has 10 heteroatoms. The first-order valence-electron chi connectivity index (χ1n) is 12.2. The Balaban J connectivity index is 1.75. The number of carbonyl (C=O) groups excluding carboxylic acids is 2. The van der Waals surface area contributed by atoms with Crippen LogP contribution in [0, 0.1) is 19.8 Å². The summed E-state index contributed by atoms with van der Waals surface area (Å²) < 4.78 is 7.17. The van der Waals surface area contributed by atoms with E-state index in [0.717, 1.165) is 25.9 Å². The molecule has 2 aromatic carbocycles. The maximum atomic E-state index is 13.5. The average Bonchev–Trinajstić information content (AvgIpc) is 2.88. The second kappa shape index (κ2) is 11.1. The number of rotatable bonds is 6. The summed E-state index contributed by atoms with van der Waals surface area (Å²) in [4.78, 5) is 54.0. The lowest BCUT2D eigenvalue weighted by atomic mass is 9.97. The number of aryl methyl sites for hydroxylation is 2. The van der Waals surface area contributed by atoms with Gasteiger partial charge in [0.15, 0.2) is 0 Å². The number of amides is 1. The van der Waals surface area contributed by atoms with Crippen molar-refractivity contribution in [3.8, 4) is 5.69 Å². The summed E-state index contributed by atoms with van der Waals surface area (Å²) in [5.74, 6) is -1.16. The summed E-state index contributed by atoms with van der Waals surface area (Å²) >= 11 is 6.30. The first-order chi connectivity index (χ1) is 17.7. The molecular weight excluding hydrogens is 496 g/mol. The Morgan fingerprint density at radius 3 is 2.46 bits per heavy atom. The Morgan fingerprint density at radius 1 is 1.08 bits per heavy atom. The topological polar surface area (TPSA) is 104 Å². The highest BCUT2D eigenvalue weighted by molar-refractivity contribution is 6.31. The van der Waals surface area contributed by atoms with E-state index in [-0.39, 0.29) is 37.2 Å². The lowest BCUT2D eigenvalue weighted by Gasteiger charge is -2.30. The highest BCUT2D eigenvalue weighted by Gasteiger charge is 2.31. The summed E-state index contributed by atoms with van der Waals surface area (Å²) in [5.41, 5.74) is 1.07. The molecule has 0 unspecified atom stereocenters. The second-order valence-electron chi connectivity index (χ2n) is 9.18. The molecule has 0 spiro atoms. The van der Waals surface area contributed by atoms with Gasteiger partial charge in [0.1, 0.15) is 0 Å². The first-order valence-corrected chi connectivity index (χ1v) is 12.6. The summed E-state index contributed by atoms with van der Waals surface area (Å²) in [6.07, 6.45) is 0.852. The number of piperidine rings is 1. The van der Waals surface area contributed by atoms with Gasteiger partial charge in [-0.3, -0.25) is 19.0 Å². The molecule has 0 radical (unpaired) electrons. The number of esters is 1. The van der Waals surface area contributed by atoms with Crippen molar-refractivity contribution >= 4 is 23.5 Å². The van der Waals surface area contributed by atoms with Crippen LogP contribution in [0.3, 0.4) is 0 Å². The predicted octanol–water partition coefficient (Wildman–Crippen LogP) is 3.13. The van der Waals surface area contributed by atoms with Crippen LogP contribution in [0.5, 0.6) is 0 Å². The van der Waals surface area contributed by atoms with E-state index in [9.17, 15) is 19.2 Å². The SMILES string of the molecule is CCOC(=O)C1CCN(C(=O)c2nn(-c3ccc(C)c(Cl)c3)c(=O)n(Cc3cccc(C)c3)c2=O)CC1. The molecular formula is C27H29ClN4O5. The summed E-state index contributed by atoms with van der Waals surface area (Å²) in [5, 5.41) is 4.65. The molecule has 1 aliphatic heterocycles. The van der Waals surface area contributed by atoms with Crippen molar-refractivity contribution in [2.75, 3.05) is 19.7 Å². The van der Waals surface area contributed by atoms with E-state index in [1.807, 2.05) is 38.1 Å². The third kappa shape index (κ3) is 5.67. The Labute approximate surface area is 219 Å². The molecule has 37 heavy (non-hydrogen) atoms. The zero-order valence-corrected chi connectivity index (χ0v) is 21.8. The third-order valence-corrected chi connectivity index (χ3v) is 6.89. The maximum Gasteiger partial charge on any atom is 0.352 e. The molecule has 3 aromatic rings. The normalized spacial score (nSPS) is 14.0. The number of hydrogen-bond donors (Lipinski definition) is 0. The van der Waals surface area contributed by atoms with Crippen molar-refractivity contribution in [2.24, 2.45) is 5.92 Å². The molecule has 194 valence electrons. The van der Waals surface area contributed by atoms with E-state index in [1.54, 1.807) is 25.1 Å². The number of nitrogens with zero attached hydrogens (tertiary/aromatic N) is 4. The number of carbonyl (C=O) groups is 2. The van der Waals surface area contributed by atoms with E-state index >= 15 is 0 Å². The zero-order valence-electron chi connectivity index (χ0n) is 21.1. The Hall–Kier alpha value is -3.72. The smallest absolute Gasteiger partial charge is 0.352 e. The second-order valence-corrected chi connectivity index (χ2v) is 9.58. The molecule has 1 aliphatic rings. The van der Waals surface area contributed by atoms with Gasteiger partial charge in [-0.05, 0) is 56.9 Å². The van der Waals surface area contributed by atoms with Crippen LogP contribution in [0.1, 0.15) is 46.9 Å². The Bertz CT molecular complexity index is 1450. The minimum Gasteiger partial charge on any atom is -0.466 e. The fourth-order valence-corrected chi connectivity index (χ4v) is 4.57. The highest BCUT2D eigenvalue weighted by Crippen LogP contribution is 2.21. The predicted molar refractivity (Wildman–Crippen MR) is 139 cm³/mol. The molecule has 0 aliphatic carbocycles. The van der Waals surface area contributed by atoms with Crippen LogP contribution >= 0.6 is 11.6 Å². The zero-order chi connectivity index (χ0) is 26.7. The molecule has 4 rings (SSSR count). The van der Waals surface area contributed by atoms with Crippen LogP contribution in [0.25, 0.3) is 5.69 Å². The number of benzene rings is 2. The third-order valence-electron chi connectivity index (χ3n) is 6.49. The van der Waals surface area contributed by atoms with Gasteiger partial charge in [-0.1, -0.05) is 47.5 Å². The van der Waals surface area contributed by atoms with Crippen molar-refractivity contribution in [3.05, 3.63) is 90.7 Å². The van der Waals surface area contributed by atoms with Crippen molar-refractivity contribution in [1.29, 1.82) is 0 Å². The monoisotopic (exact) mass is 524 g/mol. The van der Waals surface area contributed by atoms with Crippen LogP contribution in [0.2, 0.25) is 5.02 Å². The van der Waals surface area contributed by atoms with E-state index < -0.39 is 17.2 Å². The van der Waals surface area contributed by atoms with Gasteiger partial charge < -0.3 is 9.64 Å². The molecule has 9 nitrogen and oxygen atoms in total.